The van der Waals surface area contributed by atoms with Gasteiger partial charge in [-0.15, -0.1) is 0 Å². The largest absolute Gasteiger partial charge is 0.364 e. The highest BCUT2D eigenvalue weighted by atomic mass is 16.5. The summed E-state index contributed by atoms with van der Waals surface area (Å²) >= 11 is 0. The molecule has 2 aliphatic heterocycles. The first-order valence-electron chi connectivity index (χ1n) is 10.3. The molecule has 2 aliphatic rings. The molecule has 2 N–H and O–H groups in total. The average molecular weight is 399 g/mol. The van der Waals surface area contributed by atoms with Crippen molar-refractivity contribution in [3.05, 3.63) is 35.7 Å². The van der Waals surface area contributed by atoms with Crippen LogP contribution < -0.4 is 5.73 Å². The predicted octanol–water partition coefficient (Wildman–Crippen LogP) is 1.76. The van der Waals surface area contributed by atoms with E-state index < -0.39 is 0 Å². The number of aryl methyl sites for hydroxylation is 1. The van der Waals surface area contributed by atoms with Crippen molar-refractivity contribution in [2.75, 3.05) is 32.7 Å². The number of amides is 1. The number of aromatic nitrogens is 2. The van der Waals surface area contributed by atoms with Gasteiger partial charge in [-0.1, -0.05) is 35.0 Å². The zero-order valence-corrected chi connectivity index (χ0v) is 17.1. The van der Waals surface area contributed by atoms with Crippen molar-refractivity contribution in [3.8, 4) is 11.4 Å². The third-order valence-electron chi connectivity index (χ3n) is 5.93. The third-order valence-corrected chi connectivity index (χ3v) is 5.93. The first-order chi connectivity index (χ1) is 14.0. The fourth-order valence-electron chi connectivity index (χ4n) is 3.97. The number of piperazine rings is 1. The fourth-order valence-corrected chi connectivity index (χ4v) is 3.97. The minimum atomic E-state index is -0.333. The Morgan fingerprint density at radius 3 is 2.59 bits per heavy atom. The molecule has 2 fully saturated rings. The Balaban J connectivity index is 1.33. The highest BCUT2D eigenvalue weighted by Crippen LogP contribution is 2.25. The van der Waals surface area contributed by atoms with E-state index in [4.69, 9.17) is 15.0 Å². The van der Waals surface area contributed by atoms with Crippen LogP contribution >= 0.6 is 0 Å². The van der Waals surface area contributed by atoms with Crippen molar-refractivity contribution in [2.45, 2.75) is 44.9 Å². The topological polar surface area (TPSA) is 97.7 Å². The second kappa shape index (κ2) is 8.61. The van der Waals surface area contributed by atoms with Gasteiger partial charge in [0.15, 0.2) is 0 Å². The molecule has 8 heteroatoms. The van der Waals surface area contributed by atoms with E-state index in [9.17, 15) is 4.79 Å². The van der Waals surface area contributed by atoms with E-state index in [1.54, 1.807) is 0 Å². The molecule has 1 aromatic heterocycles. The Hall–Kier alpha value is -2.29. The van der Waals surface area contributed by atoms with Crippen LogP contribution in [0.2, 0.25) is 0 Å². The van der Waals surface area contributed by atoms with Crippen LogP contribution in [-0.2, 0) is 9.53 Å². The van der Waals surface area contributed by atoms with Gasteiger partial charge in [-0.25, -0.2) is 0 Å². The number of rotatable bonds is 5. The molecule has 0 bridgehead atoms. The van der Waals surface area contributed by atoms with Gasteiger partial charge >= 0.3 is 0 Å². The van der Waals surface area contributed by atoms with Gasteiger partial charge in [0.25, 0.3) is 5.91 Å². The summed E-state index contributed by atoms with van der Waals surface area (Å²) in [5, 5.41) is 4.14. The summed E-state index contributed by atoms with van der Waals surface area (Å²) in [6.45, 7) is 7.47. The summed E-state index contributed by atoms with van der Waals surface area (Å²) in [5.41, 5.74) is 7.79. The first kappa shape index (κ1) is 20.0. The van der Waals surface area contributed by atoms with Crippen molar-refractivity contribution in [1.29, 1.82) is 0 Å². The van der Waals surface area contributed by atoms with Gasteiger partial charge in [0, 0.05) is 38.3 Å². The second-order valence-electron chi connectivity index (χ2n) is 7.92. The van der Waals surface area contributed by atoms with Crippen molar-refractivity contribution in [1.82, 2.24) is 19.9 Å². The van der Waals surface area contributed by atoms with Gasteiger partial charge < -0.3 is 19.9 Å². The van der Waals surface area contributed by atoms with Crippen molar-refractivity contribution < 1.29 is 14.1 Å². The zero-order chi connectivity index (χ0) is 20.4. The van der Waals surface area contributed by atoms with Crippen LogP contribution in [0.15, 0.2) is 28.8 Å². The molecule has 156 valence electrons. The quantitative estimate of drug-likeness (QED) is 0.818. The van der Waals surface area contributed by atoms with Crippen molar-refractivity contribution >= 4 is 5.91 Å². The molecule has 8 nitrogen and oxygen atoms in total. The third kappa shape index (κ3) is 4.34. The number of hydrogen-bond acceptors (Lipinski definition) is 7. The lowest BCUT2D eigenvalue weighted by Gasteiger charge is -2.37. The molecular formula is C21H29N5O3. The van der Waals surface area contributed by atoms with Crippen LogP contribution in [0, 0.1) is 6.92 Å². The van der Waals surface area contributed by atoms with Gasteiger partial charge in [-0.05, 0) is 26.7 Å². The van der Waals surface area contributed by atoms with E-state index in [0.29, 0.717) is 31.3 Å². The summed E-state index contributed by atoms with van der Waals surface area (Å²) in [6.07, 6.45) is 1.32. The van der Waals surface area contributed by atoms with E-state index in [2.05, 4.69) is 22.0 Å². The molecule has 0 aliphatic carbocycles. The molecule has 0 radical (unpaired) electrons. The van der Waals surface area contributed by atoms with Gasteiger partial charge in [0.2, 0.25) is 11.7 Å². The Morgan fingerprint density at radius 2 is 1.93 bits per heavy atom. The SMILES string of the molecule is Cc1ccc(-c2noc(C(C)N3CCN(C(=O)[C@@H]4CC[C@H](CN)O4)CC3)n2)cc1. The van der Waals surface area contributed by atoms with E-state index >= 15 is 0 Å². The van der Waals surface area contributed by atoms with E-state index in [1.807, 2.05) is 36.1 Å². The predicted molar refractivity (Wildman–Crippen MR) is 108 cm³/mol. The maximum absolute atomic E-state index is 12.7. The van der Waals surface area contributed by atoms with Crippen LogP contribution in [0.25, 0.3) is 11.4 Å². The van der Waals surface area contributed by atoms with Gasteiger partial charge in [-0.3, -0.25) is 9.69 Å². The maximum atomic E-state index is 12.7. The number of nitrogens with zero attached hydrogens (tertiary/aromatic N) is 4. The summed E-state index contributed by atoms with van der Waals surface area (Å²) in [7, 11) is 0. The molecule has 1 aromatic carbocycles. The lowest BCUT2D eigenvalue weighted by atomic mass is 10.1. The van der Waals surface area contributed by atoms with E-state index in [0.717, 1.165) is 31.5 Å². The molecule has 4 rings (SSSR count). The number of carbonyl (C=O) groups is 1. The molecule has 0 saturated carbocycles. The van der Waals surface area contributed by atoms with E-state index in [1.165, 1.54) is 5.56 Å². The Kier molecular flexibility index (Phi) is 5.94. The number of ether oxygens (including phenoxy) is 1. The zero-order valence-electron chi connectivity index (χ0n) is 17.1. The Morgan fingerprint density at radius 1 is 1.21 bits per heavy atom. The fraction of sp³-hybridized carbons (Fsp3) is 0.571. The molecule has 1 amide bonds. The highest BCUT2D eigenvalue weighted by molar-refractivity contribution is 5.81. The summed E-state index contributed by atoms with van der Waals surface area (Å²) < 4.78 is 11.3. The van der Waals surface area contributed by atoms with Gasteiger partial charge in [0.1, 0.15) is 6.10 Å². The standard InChI is InChI=1S/C21H29N5O3/c1-14-3-5-16(6-4-14)19-23-20(29-24-19)15(2)25-9-11-26(12-10-25)21(27)18-8-7-17(13-22)28-18/h3-6,15,17-18H,7-13,22H2,1-2H3/t15?,17-,18+/m1/s1. The molecule has 29 heavy (non-hydrogen) atoms. The molecule has 1 unspecified atom stereocenters. The van der Waals surface area contributed by atoms with Crippen molar-refractivity contribution in [2.24, 2.45) is 5.73 Å². The number of hydrogen-bond donors (Lipinski definition) is 1. The smallest absolute Gasteiger partial charge is 0.251 e. The summed E-state index contributed by atoms with van der Waals surface area (Å²) in [5.74, 6) is 1.30. The van der Waals surface area contributed by atoms with Crippen LogP contribution in [-0.4, -0.2) is 70.8 Å². The lowest BCUT2D eigenvalue weighted by Crippen LogP contribution is -2.52. The molecular weight excluding hydrogens is 370 g/mol. The second-order valence-corrected chi connectivity index (χ2v) is 7.92. The Bertz CT molecular complexity index is 829. The van der Waals surface area contributed by atoms with Crippen LogP contribution in [0.4, 0.5) is 0 Å². The molecule has 2 aromatic rings. The highest BCUT2D eigenvalue weighted by Gasteiger charge is 2.35. The maximum Gasteiger partial charge on any atom is 0.251 e. The first-order valence-corrected chi connectivity index (χ1v) is 10.3. The van der Waals surface area contributed by atoms with Crippen molar-refractivity contribution in [3.63, 3.8) is 0 Å². The lowest BCUT2D eigenvalue weighted by molar-refractivity contribution is -0.144. The van der Waals surface area contributed by atoms with Crippen LogP contribution in [0.1, 0.15) is 37.3 Å². The van der Waals surface area contributed by atoms with Gasteiger partial charge in [-0.2, -0.15) is 4.98 Å². The van der Waals surface area contributed by atoms with Gasteiger partial charge in [0.05, 0.1) is 12.1 Å². The summed E-state index contributed by atoms with van der Waals surface area (Å²) in [6, 6.07) is 8.07. The minimum absolute atomic E-state index is 0.00306. The monoisotopic (exact) mass is 399 g/mol. The number of benzene rings is 1. The summed E-state index contributed by atoms with van der Waals surface area (Å²) in [4.78, 5) is 21.5. The molecule has 3 atom stereocenters. The van der Waals surface area contributed by atoms with Crippen LogP contribution in [0.3, 0.4) is 0 Å². The van der Waals surface area contributed by atoms with Crippen LogP contribution in [0.5, 0.6) is 0 Å². The van der Waals surface area contributed by atoms with E-state index in [-0.39, 0.29) is 24.2 Å². The Labute approximate surface area is 171 Å². The molecule has 2 saturated heterocycles. The molecule has 3 heterocycles. The minimum Gasteiger partial charge on any atom is -0.364 e. The normalized spacial score (nSPS) is 24.0. The average Bonchev–Trinajstić information content (AvgIpc) is 3.43. The number of nitrogens with two attached hydrogens (primary N) is 1. The number of carbonyl (C=O) groups excluding carboxylic acids is 1. The molecule has 0 spiro atoms.